The van der Waals surface area contributed by atoms with Crippen LogP contribution in [0.5, 0.6) is 0 Å². The van der Waals surface area contributed by atoms with Gasteiger partial charge in [0.2, 0.25) is 0 Å². The standard InChI is InChI=1S/C18H36O2.C5H14N2/c1-2-3-4-5-6-7-8-9-10-11-12-13-14-15-16-17-18(19)20;1-4-5(6)7(2)3/h2-17H2,1H3,(H,19,20);5H,4,6H2,1-3H3. The molecule has 0 spiro atoms. The molecule has 0 fully saturated rings. The van der Waals surface area contributed by atoms with Crippen LogP contribution in [-0.4, -0.2) is 36.2 Å². The molecule has 0 aromatic carbocycles. The van der Waals surface area contributed by atoms with Crippen LogP contribution in [0, 0.1) is 0 Å². The summed E-state index contributed by atoms with van der Waals surface area (Å²) in [6.45, 7) is 4.34. The minimum Gasteiger partial charge on any atom is -0.481 e. The van der Waals surface area contributed by atoms with Gasteiger partial charge in [-0.1, -0.05) is 104 Å². The van der Waals surface area contributed by atoms with Crippen LogP contribution in [0.3, 0.4) is 0 Å². The third kappa shape index (κ3) is 27.7. The van der Waals surface area contributed by atoms with Gasteiger partial charge in [-0.3, -0.25) is 9.69 Å². The first-order valence-corrected chi connectivity index (χ1v) is 11.6. The Labute approximate surface area is 170 Å². The fraction of sp³-hybridized carbons (Fsp3) is 0.957. The van der Waals surface area contributed by atoms with Crippen LogP contribution in [0.1, 0.15) is 123 Å². The van der Waals surface area contributed by atoms with E-state index in [9.17, 15) is 4.79 Å². The SMILES string of the molecule is CCC(N)N(C)C.CCCCCCCCCCCCCCCCCC(=O)O. The number of carboxylic acids is 1. The summed E-state index contributed by atoms with van der Waals surface area (Å²) in [5.41, 5.74) is 5.54. The molecular formula is C23H50N2O2. The lowest BCUT2D eigenvalue weighted by Gasteiger charge is -2.16. The number of nitrogens with zero attached hydrogens (tertiary/aromatic N) is 1. The van der Waals surface area contributed by atoms with Crippen molar-refractivity contribution in [2.75, 3.05) is 14.1 Å². The first-order chi connectivity index (χ1) is 13.0. The van der Waals surface area contributed by atoms with Crippen molar-refractivity contribution in [3.63, 3.8) is 0 Å². The van der Waals surface area contributed by atoms with Gasteiger partial charge in [-0.15, -0.1) is 0 Å². The van der Waals surface area contributed by atoms with Gasteiger partial charge in [-0.2, -0.15) is 0 Å². The fourth-order valence-corrected chi connectivity index (χ4v) is 3.01. The lowest BCUT2D eigenvalue weighted by molar-refractivity contribution is -0.137. The van der Waals surface area contributed by atoms with Crippen LogP contribution in [0.2, 0.25) is 0 Å². The molecule has 0 radical (unpaired) electrons. The summed E-state index contributed by atoms with van der Waals surface area (Å²) in [4.78, 5) is 12.3. The molecule has 3 N–H and O–H groups in total. The third-order valence-corrected chi connectivity index (χ3v) is 5.08. The van der Waals surface area contributed by atoms with E-state index >= 15 is 0 Å². The predicted molar refractivity (Wildman–Crippen MR) is 119 cm³/mol. The number of aliphatic carboxylic acids is 1. The molecule has 4 nitrogen and oxygen atoms in total. The molecule has 0 bridgehead atoms. The van der Waals surface area contributed by atoms with Crippen molar-refractivity contribution in [3.8, 4) is 0 Å². The Balaban J connectivity index is 0. The van der Waals surface area contributed by atoms with E-state index < -0.39 is 5.97 Å². The Hall–Kier alpha value is -0.610. The van der Waals surface area contributed by atoms with Crippen molar-refractivity contribution < 1.29 is 9.90 Å². The summed E-state index contributed by atoms with van der Waals surface area (Å²) in [5, 5.41) is 8.52. The molecule has 164 valence electrons. The van der Waals surface area contributed by atoms with Crippen LogP contribution in [0.25, 0.3) is 0 Å². The highest BCUT2D eigenvalue weighted by molar-refractivity contribution is 5.66. The third-order valence-electron chi connectivity index (χ3n) is 5.08. The lowest BCUT2D eigenvalue weighted by Crippen LogP contribution is -2.35. The molecule has 0 aliphatic carbocycles. The Morgan fingerprint density at radius 1 is 0.741 bits per heavy atom. The Morgan fingerprint density at radius 2 is 1.07 bits per heavy atom. The van der Waals surface area contributed by atoms with Crippen LogP contribution >= 0.6 is 0 Å². The van der Waals surface area contributed by atoms with Gasteiger partial charge in [-0.25, -0.2) is 0 Å². The van der Waals surface area contributed by atoms with E-state index in [1.807, 2.05) is 19.0 Å². The Morgan fingerprint density at radius 3 is 1.30 bits per heavy atom. The van der Waals surface area contributed by atoms with Crippen LogP contribution in [0.15, 0.2) is 0 Å². The molecule has 4 heteroatoms. The fourth-order valence-electron chi connectivity index (χ4n) is 3.01. The number of carbonyl (C=O) groups is 1. The van der Waals surface area contributed by atoms with E-state index in [4.69, 9.17) is 10.8 Å². The zero-order valence-electron chi connectivity index (χ0n) is 19.0. The summed E-state index contributed by atoms with van der Waals surface area (Å²) < 4.78 is 0. The number of unbranched alkanes of at least 4 members (excludes halogenated alkanes) is 14. The highest BCUT2D eigenvalue weighted by Gasteiger charge is 1.98. The zero-order chi connectivity index (χ0) is 20.8. The summed E-state index contributed by atoms with van der Waals surface area (Å²) >= 11 is 0. The lowest BCUT2D eigenvalue weighted by atomic mass is 10.0. The number of hydrogen-bond donors (Lipinski definition) is 2. The number of rotatable bonds is 18. The monoisotopic (exact) mass is 386 g/mol. The summed E-state index contributed by atoms with van der Waals surface area (Å²) in [5.74, 6) is -0.653. The van der Waals surface area contributed by atoms with Gasteiger partial charge in [0.05, 0.1) is 6.17 Å². The highest BCUT2D eigenvalue weighted by atomic mass is 16.4. The van der Waals surface area contributed by atoms with Gasteiger partial charge in [0, 0.05) is 6.42 Å². The van der Waals surface area contributed by atoms with Gasteiger partial charge < -0.3 is 10.8 Å². The van der Waals surface area contributed by atoms with Gasteiger partial charge in [0.1, 0.15) is 0 Å². The second-order valence-electron chi connectivity index (χ2n) is 8.03. The molecule has 0 saturated carbocycles. The molecule has 27 heavy (non-hydrogen) atoms. The average molecular weight is 387 g/mol. The highest BCUT2D eigenvalue weighted by Crippen LogP contribution is 2.13. The summed E-state index contributed by atoms with van der Waals surface area (Å²) in [7, 11) is 3.96. The van der Waals surface area contributed by atoms with E-state index in [0.717, 1.165) is 19.3 Å². The smallest absolute Gasteiger partial charge is 0.303 e. The quantitative estimate of drug-likeness (QED) is 0.206. The van der Waals surface area contributed by atoms with Crippen molar-refractivity contribution in [2.45, 2.75) is 129 Å². The van der Waals surface area contributed by atoms with E-state index in [0.29, 0.717) is 6.42 Å². The first kappa shape index (κ1) is 28.6. The molecule has 0 amide bonds. The van der Waals surface area contributed by atoms with Crippen molar-refractivity contribution >= 4 is 5.97 Å². The second-order valence-corrected chi connectivity index (χ2v) is 8.03. The summed E-state index contributed by atoms with van der Waals surface area (Å²) in [6, 6.07) is 0. The van der Waals surface area contributed by atoms with Crippen molar-refractivity contribution in [3.05, 3.63) is 0 Å². The number of nitrogens with two attached hydrogens (primary N) is 1. The van der Waals surface area contributed by atoms with Crippen molar-refractivity contribution in [1.29, 1.82) is 0 Å². The summed E-state index contributed by atoms with van der Waals surface area (Å²) in [6.07, 6.45) is 21.5. The van der Waals surface area contributed by atoms with Gasteiger partial charge in [0.15, 0.2) is 0 Å². The molecule has 0 saturated heterocycles. The van der Waals surface area contributed by atoms with E-state index in [2.05, 4.69) is 13.8 Å². The normalized spacial score (nSPS) is 11.9. The molecule has 1 atom stereocenters. The topological polar surface area (TPSA) is 66.6 Å². The molecule has 0 aromatic rings. The minimum atomic E-state index is -0.653. The maximum Gasteiger partial charge on any atom is 0.303 e. The molecule has 0 heterocycles. The van der Waals surface area contributed by atoms with Crippen molar-refractivity contribution in [2.24, 2.45) is 5.73 Å². The largest absolute Gasteiger partial charge is 0.481 e. The molecule has 0 aliphatic rings. The number of carboxylic acid groups (broad SMARTS) is 1. The Kier molecular flexibility index (Phi) is 24.8. The van der Waals surface area contributed by atoms with Crippen LogP contribution in [0.4, 0.5) is 0 Å². The van der Waals surface area contributed by atoms with Crippen LogP contribution in [-0.2, 0) is 4.79 Å². The van der Waals surface area contributed by atoms with E-state index in [1.54, 1.807) is 0 Å². The molecule has 0 aliphatic heterocycles. The molecule has 1 unspecified atom stereocenters. The average Bonchev–Trinajstić information content (AvgIpc) is 2.64. The number of hydrogen-bond acceptors (Lipinski definition) is 3. The first-order valence-electron chi connectivity index (χ1n) is 11.6. The van der Waals surface area contributed by atoms with Crippen molar-refractivity contribution in [1.82, 2.24) is 4.90 Å². The zero-order valence-corrected chi connectivity index (χ0v) is 19.0. The minimum absolute atomic E-state index is 0.236. The maximum atomic E-state index is 10.3. The molecule has 0 aromatic heterocycles. The van der Waals surface area contributed by atoms with Gasteiger partial charge in [-0.05, 0) is 26.9 Å². The van der Waals surface area contributed by atoms with Gasteiger partial charge in [0.25, 0.3) is 0 Å². The van der Waals surface area contributed by atoms with E-state index in [-0.39, 0.29) is 6.17 Å². The molecular weight excluding hydrogens is 336 g/mol. The van der Waals surface area contributed by atoms with Crippen LogP contribution < -0.4 is 5.73 Å². The van der Waals surface area contributed by atoms with Gasteiger partial charge >= 0.3 is 5.97 Å². The predicted octanol–water partition coefficient (Wildman–Crippen LogP) is 6.58. The Bertz CT molecular complexity index is 296. The molecule has 0 rings (SSSR count). The maximum absolute atomic E-state index is 10.3. The van der Waals surface area contributed by atoms with E-state index in [1.165, 1.54) is 83.5 Å². The second kappa shape index (κ2) is 23.4.